The van der Waals surface area contributed by atoms with Gasteiger partial charge < -0.3 is 9.47 Å². The van der Waals surface area contributed by atoms with Crippen molar-refractivity contribution in [3.8, 4) is 0 Å². The lowest BCUT2D eigenvalue weighted by atomic mass is 9.93. The first-order chi connectivity index (χ1) is 5.79. The van der Waals surface area contributed by atoms with Crippen LogP contribution in [-0.2, 0) is 9.47 Å². The Kier molecular flexibility index (Phi) is 2.10. The second-order valence-electron chi connectivity index (χ2n) is 3.87. The maximum absolute atomic E-state index is 5.49. The molecule has 2 heterocycles. The molecule has 70 valence electrons. The lowest BCUT2D eigenvalue weighted by Crippen LogP contribution is -2.51. The van der Waals surface area contributed by atoms with Crippen molar-refractivity contribution in [2.24, 2.45) is 0 Å². The first-order valence-electron chi connectivity index (χ1n) is 4.61. The van der Waals surface area contributed by atoms with Gasteiger partial charge in [0.25, 0.3) is 0 Å². The van der Waals surface area contributed by atoms with Crippen molar-refractivity contribution in [1.82, 2.24) is 4.90 Å². The molecule has 0 saturated carbocycles. The van der Waals surface area contributed by atoms with Crippen LogP contribution in [-0.4, -0.2) is 50.5 Å². The summed E-state index contributed by atoms with van der Waals surface area (Å²) in [4.78, 5) is 2.40. The van der Waals surface area contributed by atoms with Crippen molar-refractivity contribution in [3.05, 3.63) is 0 Å². The van der Waals surface area contributed by atoms with Crippen LogP contribution in [0, 0.1) is 0 Å². The van der Waals surface area contributed by atoms with Crippen LogP contribution in [0.5, 0.6) is 0 Å². The maximum Gasteiger partial charge on any atom is 0.101 e. The van der Waals surface area contributed by atoms with Crippen molar-refractivity contribution < 1.29 is 9.47 Å². The van der Waals surface area contributed by atoms with Gasteiger partial charge in [0.1, 0.15) is 6.10 Å². The van der Waals surface area contributed by atoms with E-state index in [1.165, 1.54) is 19.4 Å². The first-order valence-corrected chi connectivity index (χ1v) is 4.61. The highest BCUT2D eigenvalue weighted by Gasteiger charge is 2.49. The smallest absolute Gasteiger partial charge is 0.101 e. The number of ether oxygens (including phenoxy) is 2. The molecule has 0 aromatic rings. The highest BCUT2D eigenvalue weighted by atomic mass is 16.5. The van der Waals surface area contributed by atoms with Gasteiger partial charge in [0.2, 0.25) is 0 Å². The topological polar surface area (TPSA) is 21.7 Å². The molecule has 2 aliphatic heterocycles. The molecule has 0 N–H and O–H groups in total. The molecule has 1 spiro atoms. The minimum atomic E-state index is 0.203. The zero-order valence-corrected chi connectivity index (χ0v) is 7.88. The molecule has 2 atom stereocenters. The van der Waals surface area contributed by atoms with Gasteiger partial charge >= 0.3 is 0 Å². The van der Waals surface area contributed by atoms with E-state index in [1.54, 1.807) is 7.11 Å². The third kappa shape index (κ3) is 1.00. The van der Waals surface area contributed by atoms with E-state index in [9.17, 15) is 0 Å². The van der Waals surface area contributed by atoms with E-state index < -0.39 is 0 Å². The standard InChI is InChI=1S/C9H17NO2/c1-10-5-3-4-9(10)7-12-6-8(9)11-2/h8H,3-7H2,1-2H3. The number of rotatable bonds is 1. The Hall–Kier alpha value is -0.120. The largest absolute Gasteiger partial charge is 0.377 e. The molecule has 2 rings (SSSR count). The van der Waals surface area contributed by atoms with Gasteiger partial charge in [-0.1, -0.05) is 0 Å². The lowest BCUT2D eigenvalue weighted by Gasteiger charge is -2.35. The molecule has 0 amide bonds. The van der Waals surface area contributed by atoms with Crippen LogP contribution in [0.15, 0.2) is 0 Å². The van der Waals surface area contributed by atoms with Gasteiger partial charge in [-0.15, -0.1) is 0 Å². The van der Waals surface area contributed by atoms with Crippen molar-refractivity contribution in [2.75, 3.05) is 33.9 Å². The van der Waals surface area contributed by atoms with Gasteiger partial charge in [0.15, 0.2) is 0 Å². The second-order valence-corrected chi connectivity index (χ2v) is 3.87. The zero-order valence-electron chi connectivity index (χ0n) is 7.88. The predicted octanol–water partition coefficient (Wildman–Crippen LogP) is 0.496. The number of methoxy groups -OCH3 is 1. The molecular weight excluding hydrogens is 154 g/mol. The van der Waals surface area contributed by atoms with Crippen molar-refractivity contribution in [2.45, 2.75) is 24.5 Å². The minimum Gasteiger partial charge on any atom is -0.377 e. The number of likely N-dealkylation sites (tertiary alicyclic amines) is 1. The van der Waals surface area contributed by atoms with Gasteiger partial charge in [-0.2, -0.15) is 0 Å². The summed E-state index contributed by atoms with van der Waals surface area (Å²) in [6.07, 6.45) is 2.78. The molecule has 3 nitrogen and oxygen atoms in total. The van der Waals surface area contributed by atoms with E-state index in [0.29, 0.717) is 0 Å². The molecule has 0 aromatic heterocycles. The van der Waals surface area contributed by atoms with Gasteiger partial charge in [0, 0.05) is 7.11 Å². The third-order valence-electron chi connectivity index (χ3n) is 3.37. The Bertz CT molecular complexity index is 170. The average molecular weight is 171 g/mol. The number of nitrogens with zero attached hydrogens (tertiary/aromatic N) is 1. The van der Waals surface area contributed by atoms with Gasteiger partial charge in [-0.25, -0.2) is 0 Å². The van der Waals surface area contributed by atoms with Crippen molar-refractivity contribution >= 4 is 0 Å². The summed E-state index contributed by atoms with van der Waals surface area (Å²) < 4.78 is 10.9. The molecule has 2 unspecified atom stereocenters. The predicted molar refractivity (Wildman–Crippen MR) is 46.2 cm³/mol. The van der Waals surface area contributed by atoms with Crippen LogP contribution in [0.3, 0.4) is 0 Å². The van der Waals surface area contributed by atoms with E-state index >= 15 is 0 Å². The molecular formula is C9H17NO2. The first kappa shape index (κ1) is 8.48. The van der Waals surface area contributed by atoms with Crippen LogP contribution >= 0.6 is 0 Å². The third-order valence-corrected chi connectivity index (χ3v) is 3.37. The molecule has 0 aromatic carbocycles. The lowest BCUT2D eigenvalue weighted by molar-refractivity contribution is 0.00899. The van der Waals surface area contributed by atoms with E-state index in [4.69, 9.17) is 9.47 Å². The Labute approximate surface area is 73.6 Å². The Morgan fingerprint density at radius 2 is 2.42 bits per heavy atom. The SMILES string of the molecule is COC1COCC12CCCN2C. The van der Waals surface area contributed by atoms with E-state index in [1.807, 2.05) is 0 Å². The summed E-state index contributed by atoms with van der Waals surface area (Å²) in [5, 5.41) is 0. The van der Waals surface area contributed by atoms with Gasteiger partial charge in [-0.3, -0.25) is 4.90 Å². The summed E-state index contributed by atoms with van der Waals surface area (Å²) in [6.45, 7) is 2.80. The Morgan fingerprint density at radius 1 is 1.58 bits per heavy atom. The van der Waals surface area contributed by atoms with E-state index in [0.717, 1.165) is 13.2 Å². The fraction of sp³-hybridized carbons (Fsp3) is 1.00. The highest BCUT2D eigenvalue weighted by molar-refractivity contribution is 5.03. The normalized spacial score (nSPS) is 43.0. The second kappa shape index (κ2) is 2.98. The summed E-state index contributed by atoms with van der Waals surface area (Å²) in [5.41, 5.74) is 0.203. The highest BCUT2D eigenvalue weighted by Crippen LogP contribution is 2.36. The molecule has 0 radical (unpaired) electrons. The minimum absolute atomic E-state index is 0.203. The summed E-state index contributed by atoms with van der Waals surface area (Å²) in [5.74, 6) is 0. The molecule has 2 fully saturated rings. The number of likely N-dealkylation sites (N-methyl/N-ethyl adjacent to an activating group) is 1. The quantitative estimate of drug-likeness (QED) is 0.573. The summed E-state index contributed by atoms with van der Waals surface area (Å²) >= 11 is 0. The van der Waals surface area contributed by atoms with Crippen LogP contribution < -0.4 is 0 Å². The fourth-order valence-corrected chi connectivity index (χ4v) is 2.50. The molecule has 2 saturated heterocycles. The van der Waals surface area contributed by atoms with Crippen LogP contribution in [0.25, 0.3) is 0 Å². The number of hydrogen-bond acceptors (Lipinski definition) is 3. The maximum atomic E-state index is 5.49. The monoisotopic (exact) mass is 171 g/mol. The molecule has 3 heteroatoms. The molecule has 0 bridgehead atoms. The fourth-order valence-electron chi connectivity index (χ4n) is 2.50. The summed E-state index contributed by atoms with van der Waals surface area (Å²) in [6, 6.07) is 0. The van der Waals surface area contributed by atoms with Crippen LogP contribution in [0.4, 0.5) is 0 Å². The van der Waals surface area contributed by atoms with E-state index in [2.05, 4.69) is 11.9 Å². The zero-order chi connectivity index (χ0) is 8.60. The van der Waals surface area contributed by atoms with Crippen molar-refractivity contribution in [3.63, 3.8) is 0 Å². The average Bonchev–Trinajstić information content (AvgIpc) is 2.62. The van der Waals surface area contributed by atoms with Gasteiger partial charge in [0.05, 0.1) is 18.8 Å². The number of hydrogen-bond donors (Lipinski definition) is 0. The van der Waals surface area contributed by atoms with Crippen LogP contribution in [0.1, 0.15) is 12.8 Å². The van der Waals surface area contributed by atoms with E-state index in [-0.39, 0.29) is 11.6 Å². The van der Waals surface area contributed by atoms with Crippen molar-refractivity contribution in [1.29, 1.82) is 0 Å². The summed E-state index contributed by atoms with van der Waals surface area (Å²) in [7, 11) is 3.96. The molecule has 2 aliphatic rings. The van der Waals surface area contributed by atoms with Gasteiger partial charge in [-0.05, 0) is 26.4 Å². The van der Waals surface area contributed by atoms with Crippen LogP contribution in [0.2, 0.25) is 0 Å². The molecule has 0 aliphatic carbocycles. The Morgan fingerprint density at radius 3 is 3.00 bits per heavy atom. The Balaban J connectivity index is 2.17. The molecule has 12 heavy (non-hydrogen) atoms.